The summed E-state index contributed by atoms with van der Waals surface area (Å²) in [6.07, 6.45) is 5.18. The van der Waals surface area contributed by atoms with E-state index in [9.17, 15) is 9.59 Å². The molecule has 2 amide bonds. The van der Waals surface area contributed by atoms with Crippen molar-refractivity contribution in [1.29, 1.82) is 0 Å². The van der Waals surface area contributed by atoms with Crippen molar-refractivity contribution in [3.63, 3.8) is 0 Å². The molecule has 1 aliphatic heterocycles. The molecule has 2 aromatic carbocycles. The first-order valence-electron chi connectivity index (χ1n) is 10.9. The smallest absolute Gasteiger partial charge is 0.253 e. The molecule has 152 valence electrons. The zero-order chi connectivity index (χ0) is 20.2. The van der Waals surface area contributed by atoms with Crippen molar-refractivity contribution in [2.45, 2.75) is 39.0 Å². The molecule has 29 heavy (non-hydrogen) atoms. The van der Waals surface area contributed by atoms with Gasteiger partial charge in [0.2, 0.25) is 5.91 Å². The normalized spacial score (nSPS) is 17.1. The largest absolute Gasteiger partial charge is 0.341 e. The van der Waals surface area contributed by atoms with Crippen LogP contribution in [0.3, 0.4) is 0 Å². The quantitative estimate of drug-likeness (QED) is 0.760. The van der Waals surface area contributed by atoms with E-state index in [0.29, 0.717) is 19.6 Å². The van der Waals surface area contributed by atoms with Gasteiger partial charge in [0.05, 0.1) is 0 Å². The van der Waals surface area contributed by atoms with Crippen molar-refractivity contribution < 1.29 is 9.59 Å². The van der Waals surface area contributed by atoms with Crippen LogP contribution in [0.5, 0.6) is 0 Å². The number of hydrogen-bond donors (Lipinski definition) is 0. The lowest BCUT2D eigenvalue weighted by atomic mass is 10.0. The second-order valence-corrected chi connectivity index (χ2v) is 8.27. The van der Waals surface area contributed by atoms with Crippen LogP contribution in [0.4, 0.5) is 0 Å². The number of carbonyl (C=O) groups excluding carboxylic acids is 2. The lowest BCUT2D eigenvalue weighted by molar-refractivity contribution is -0.132. The molecule has 2 fully saturated rings. The first kappa shape index (κ1) is 19.7. The van der Waals surface area contributed by atoms with E-state index in [4.69, 9.17) is 0 Å². The van der Waals surface area contributed by atoms with Crippen molar-refractivity contribution in [1.82, 2.24) is 9.80 Å². The van der Waals surface area contributed by atoms with E-state index in [1.54, 1.807) is 0 Å². The van der Waals surface area contributed by atoms with Gasteiger partial charge in [0, 0.05) is 37.7 Å². The Labute approximate surface area is 173 Å². The standard InChI is InChI=1S/C25H30N2O2/c1-2-4-19-5-7-20(8-6-19)21-9-11-22(12-10-21)24(28)26-15-3-16-27(18-17-26)25(29)23-13-14-23/h5-12,23H,2-4,13-18H2,1H3. The summed E-state index contributed by atoms with van der Waals surface area (Å²) in [5.41, 5.74) is 4.38. The lowest BCUT2D eigenvalue weighted by Crippen LogP contribution is -2.37. The topological polar surface area (TPSA) is 40.6 Å². The molecule has 4 rings (SSSR count). The van der Waals surface area contributed by atoms with Crippen LogP contribution >= 0.6 is 0 Å². The van der Waals surface area contributed by atoms with E-state index in [1.165, 1.54) is 11.1 Å². The van der Waals surface area contributed by atoms with Gasteiger partial charge < -0.3 is 9.80 Å². The van der Waals surface area contributed by atoms with Gasteiger partial charge in [0.25, 0.3) is 5.91 Å². The highest BCUT2D eigenvalue weighted by molar-refractivity contribution is 5.94. The number of benzene rings is 2. The summed E-state index contributed by atoms with van der Waals surface area (Å²) >= 11 is 0. The highest BCUT2D eigenvalue weighted by atomic mass is 16.2. The Kier molecular flexibility index (Phi) is 5.98. The van der Waals surface area contributed by atoms with E-state index in [-0.39, 0.29) is 17.7 Å². The van der Waals surface area contributed by atoms with Crippen LogP contribution in [0.25, 0.3) is 11.1 Å². The molecule has 4 heteroatoms. The van der Waals surface area contributed by atoms with E-state index in [1.807, 2.05) is 34.1 Å². The summed E-state index contributed by atoms with van der Waals surface area (Å²) < 4.78 is 0. The molecule has 0 bridgehead atoms. The summed E-state index contributed by atoms with van der Waals surface area (Å²) in [6, 6.07) is 16.6. The van der Waals surface area contributed by atoms with Crippen LogP contribution < -0.4 is 0 Å². The number of amides is 2. The van der Waals surface area contributed by atoms with Gasteiger partial charge in [0.15, 0.2) is 0 Å². The Balaban J connectivity index is 1.39. The fourth-order valence-electron chi connectivity index (χ4n) is 4.07. The Hall–Kier alpha value is -2.62. The molecule has 1 saturated heterocycles. The average Bonchev–Trinajstić information content (AvgIpc) is 3.61. The summed E-state index contributed by atoms with van der Waals surface area (Å²) in [6.45, 7) is 4.96. The minimum absolute atomic E-state index is 0.0653. The monoisotopic (exact) mass is 390 g/mol. The second kappa shape index (κ2) is 8.81. The van der Waals surface area contributed by atoms with Gasteiger partial charge in [-0.3, -0.25) is 9.59 Å². The number of carbonyl (C=O) groups is 2. The zero-order valence-electron chi connectivity index (χ0n) is 17.3. The van der Waals surface area contributed by atoms with Crippen molar-refractivity contribution in [3.8, 4) is 11.1 Å². The number of rotatable bonds is 5. The minimum Gasteiger partial charge on any atom is -0.341 e. The lowest BCUT2D eigenvalue weighted by Gasteiger charge is -2.22. The highest BCUT2D eigenvalue weighted by Gasteiger charge is 2.34. The fraction of sp³-hybridized carbons (Fsp3) is 0.440. The van der Waals surface area contributed by atoms with Crippen LogP contribution in [0, 0.1) is 5.92 Å². The predicted molar refractivity (Wildman–Crippen MR) is 116 cm³/mol. The van der Waals surface area contributed by atoms with E-state index in [2.05, 4.69) is 31.2 Å². The molecule has 0 N–H and O–H groups in total. The summed E-state index contributed by atoms with van der Waals surface area (Å²) in [7, 11) is 0. The molecular weight excluding hydrogens is 360 g/mol. The number of aryl methyl sites for hydroxylation is 1. The fourth-order valence-corrected chi connectivity index (χ4v) is 4.07. The SMILES string of the molecule is CCCc1ccc(-c2ccc(C(=O)N3CCCN(C(=O)C4CC4)CC3)cc2)cc1. The number of nitrogens with zero attached hydrogens (tertiary/aromatic N) is 2. The summed E-state index contributed by atoms with van der Waals surface area (Å²) in [4.78, 5) is 29.1. The van der Waals surface area contributed by atoms with Crippen molar-refractivity contribution in [3.05, 3.63) is 59.7 Å². The Morgan fingerprint density at radius 3 is 2.03 bits per heavy atom. The molecule has 1 saturated carbocycles. The first-order valence-corrected chi connectivity index (χ1v) is 10.9. The average molecular weight is 391 g/mol. The highest BCUT2D eigenvalue weighted by Crippen LogP contribution is 2.31. The third kappa shape index (κ3) is 4.69. The van der Waals surface area contributed by atoms with Gasteiger partial charge >= 0.3 is 0 Å². The molecule has 1 aliphatic carbocycles. The summed E-state index contributed by atoms with van der Waals surface area (Å²) in [5, 5.41) is 0. The van der Waals surface area contributed by atoms with Gasteiger partial charge in [-0.15, -0.1) is 0 Å². The van der Waals surface area contributed by atoms with Gasteiger partial charge in [-0.05, 0) is 54.5 Å². The Bertz CT molecular complexity index is 853. The maximum absolute atomic E-state index is 13.0. The Morgan fingerprint density at radius 2 is 1.41 bits per heavy atom. The van der Waals surface area contributed by atoms with E-state index >= 15 is 0 Å². The van der Waals surface area contributed by atoms with Gasteiger partial charge in [-0.2, -0.15) is 0 Å². The van der Waals surface area contributed by atoms with Crippen LogP contribution in [0.15, 0.2) is 48.5 Å². The molecule has 2 aromatic rings. The minimum atomic E-state index is 0.0653. The molecule has 0 aromatic heterocycles. The molecule has 1 heterocycles. The molecule has 0 unspecified atom stereocenters. The third-order valence-electron chi connectivity index (χ3n) is 5.98. The van der Waals surface area contributed by atoms with Crippen molar-refractivity contribution >= 4 is 11.8 Å². The maximum Gasteiger partial charge on any atom is 0.253 e. The molecule has 0 radical (unpaired) electrons. The molecule has 2 aliphatic rings. The van der Waals surface area contributed by atoms with Gasteiger partial charge in [0.1, 0.15) is 0 Å². The van der Waals surface area contributed by atoms with Crippen molar-refractivity contribution in [2.24, 2.45) is 5.92 Å². The molecule has 0 atom stereocenters. The maximum atomic E-state index is 13.0. The molecular formula is C25H30N2O2. The number of hydrogen-bond acceptors (Lipinski definition) is 2. The van der Waals surface area contributed by atoms with Crippen LogP contribution in [0.1, 0.15) is 48.5 Å². The van der Waals surface area contributed by atoms with Gasteiger partial charge in [-0.25, -0.2) is 0 Å². The van der Waals surface area contributed by atoms with E-state index in [0.717, 1.165) is 49.8 Å². The van der Waals surface area contributed by atoms with Crippen LogP contribution in [-0.2, 0) is 11.2 Å². The van der Waals surface area contributed by atoms with E-state index < -0.39 is 0 Å². The summed E-state index contributed by atoms with van der Waals surface area (Å²) in [5.74, 6) is 0.602. The van der Waals surface area contributed by atoms with Crippen LogP contribution in [0.2, 0.25) is 0 Å². The van der Waals surface area contributed by atoms with Crippen molar-refractivity contribution in [2.75, 3.05) is 26.2 Å². The molecule has 0 spiro atoms. The molecule has 4 nitrogen and oxygen atoms in total. The van der Waals surface area contributed by atoms with Crippen LogP contribution in [-0.4, -0.2) is 47.8 Å². The third-order valence-corrected chi connectivity index (χ3v) is 5.98. The second-order valence-electron chi connectivity index (χ2n) is 8.27. The van der Waals surface area contributed by atoms with Gasteiger partial charge in [-0.1, -0.05) is 49.7 Å². The first-order chi connectivity index (χ1) is 14.2. The Morgan fingerprint density at radius 1 is 0.828 bits per heavy atom. The predicted octanol–water partition coefficient (Wildman–Crippen LogP) is 4.39. The zero-order valence-corrected chi connectivity index (χ0v) is 17.3.